The van der Waals surface area contributed by atoms with Crippen LogP contribution >= 0.6 is 22.6 Å². The molecule has 1 aromatic carbocycles. The van der Waals surface area contributed by atoms with Gasteiger partial charge in [0.25, 0.3) is 0 Å². The Balaban J connectivity index is 2.30. The van der Waals surface area contributed by atoms with E-state index in [9.17, 15) is 14.7 Å². The van der Waals surface area contributed by atoms with Gasteiger partial charge in [-0.2, -0.15) is 0 Å². The summed E-state index contributed by atoms with van der Waals surface area (Å²) in [7, 11) is 0. The third-order valence-corrected chi connectivity index (χ3v) is 4.82. The monoisotopic (exact) mass is 384 g/mol. The Morgan fingerprint density at radius 3 is 2.65 bits per heavy atom. The first-order valence-electron chi connectivity index (χ1n) is 6.28. The average molecular weight is 384 g/mol. The number of ether oxygens (including phenoxy) is 1. The molecule has 3 rings (SSSR count). The number of fused-ring (bicyclic) bond motifs is 2. The second-order valence-corrected chi connectivity index (χ2v) is 6.43. The topological polar surface area (TPSA) is 63.6 Å². The van der Waals surface area contributed by atoms with Gasteiger partial charge in [0, 0.05) is 15.4 Å². The number of aromatic hydroxyl groups is 1. The van der Waals surface area contributed by atoms with Gasteiger partial charge in [-0.25, -0.2) is 0 Å². The lowest BCUT2D eigenvalue weighted by Gasteiger charge is -2.26. The lowest BCUT2D eigenvalue weighted by atomic mass is 9.74. The first-order chi connectivity index (χ1) is 9.39. The number of hydrogen-bond acceptors (Lipinski definition) is 4. The van der Waals surface area contributed by atoms with Gasteiger partial charge >= 0.3 is 0 Å². The van der Waals surface area contributed by atoms with Crippen LogP contribution in [0.5, 0.6) is 5.75 Å². The number of carbonyl (C=O) groups excluding carboxylic acids is 2. The molecule has 0 fully saturated rings. The molecule has 0 bridgehead atoms. The fourth-order valence-corrected chi connectivity index (χ4v) is 4.10. The maximum absolute atomic E-state index is 12.4. The molecule has 5 heteroatoms. The number of halogens is 1. The zero-order valence-corrected chi connectivity index (χ0v) is 13.2. The predicted octanol–water partition coefficient (Wildman–Crippen LogP) is 2.73. The molecule has 4 nitrogen and oxygen atoms in total. The maximum atomic E-state index is 12.4. The van der Waals surface area contributed by atoms with Crippen molar-refractivity contribution < 1.29 is 19.4 Å². The normalized spacial score (nSPS) is 23.4. The summed E-state index contributed by atoms with van der Waals surface area (Å²) >= 11 is 2.21. The highest BCUT2D eigenvalue weighted by Gasteiger charge is 2.51. The molecule has 1 unspecified atom stereocenters. The van der Waals surface area contributed by atoms with E-state index in [1.54, 1.807) is 12.1 Å². The fraction of sp³-hybridized carbons (Fsp3) is 0.333. The van der Waals surface area contributed by atoms with Crippen molar-refractivity contribution >= 4 is 39.9 Å². The smallest absolute Gasteiger partial charge is 0.237 e. The van der Waals surface area contributed by atoms with Crippen molar-refractivity contribution in [1.29, 1.82) is 0 Å². The molecule has 1 aliphatic carbocycles. The molecule has 1 aromatic rings. The molecule has 0 radical (unpaired) electrons. The third kappa shape index (κ3) is 1.58. The Hall–Kier alpha value is -1.37. The molecule has 0 aromatic heterocycles. The second kappa shape index (κ2) is 4.31. The molecular weight excluding hydrogens is 371 g/mol. The van der Waals surface area contributed by atoms with Crippen LogP contribution in [0.2, 0.25) is 0 Å². The van der Waals surface area contributed by atoms with E-state index in [1.165, 1.54) is 6.07 Å². The number of rotatable bonds is 1. The van der Waals surface area contributed by atoms with Gasteiger partial charge < -0.3 is 9.84 Å². The summed E-state index contributed by atoms with van der Waals surface area (Å²) in [6.07, 6.45) is -0.154. The minimum absolute atomic E-state index is 0.0566. The molecule has 20 heavy (non-hydrogen) atoms. The minimum atomic E-state index is -0.650. The van der Waals surface area contributed by atoms with E-state index in [2.05, 4.69) is 22.6 Å². The van der Waals surface area contributed by atoms with E-state index in [0.29, 0.717) is 21.3 Å². The first kappa shape index (κ1) is 13.6. The van der Waals surface area contributed by atoms with Crippen LogP contribution < -0.4 is 0 Å². The average Bonchev–Trinajstić information content (AvgIpc) is 2.67. The molecule has 0 spiro atoms. The number of benzene rings is 1. The van der Waals surface area contributed by atoms with Gasteiger partial charge in [0.1, 0.15) is 17.6 Å². The Kier molecular flexibility index (Phi) is 2.93. The number of alkyl halides is 1. The van der Waals surface area contributed by atoms with E-state index in [0.717, 1.165) is 0 Å². The van der Waals surface area contributed by atoms with Crippen molar-refractivity contribution in [2.45, 2.75) is 20.0 Å². The molecule has 0 saturated carbocycles. The van der Waals surface area contributed by atoms with Crippen LogP contribution in [0.3, 0.4) is 0 Å². The zero-order chi connectivity index (χ0) is 14.7. The summed E-state index contributed by atoms with van der Waals surface area (Å²) in [5, 5.41) is 9.87. The minimum Gasteiger partial charge on any atom is -0.507 e. The van der Waals surface area contributed by atoms with Crippen molar-refractivity contribution in [2.24, 2.45) is 5.41 Å². The van der Waals surface area contributed by atoms with Crippen LogP contribution in [0, 0.1) is 5.41 Å². The molecule has 0 saturated heterocycles. The van der Waals surface area contributed by atoms with Gasteiger partial charge in [-0.15, -0.1) is 0 Å². The van der Waals surface area contributed by atoms with Crippen LogP contribution in [-0.2, 0) is 9.53 Å². The van der Waals surface area contributed by atoms with E-state index in [4.69, 9.17) is 4.74 Å². The van der Waals surface area contributed by atoms with Gasteiger partial charge in [-0.05, 0) is 6.07 Å². The zero-order valence-electron chi connectivity index (χ0n) is 11.1. The Morgan fingerprint density at radius 1 is 1.30 bits per heavy atom. The first-order valence-corrected chi connectivity index (χ1v) is 7.81. The molecule has 1 aliphatic heterocycles. The van der Waals surface area contributed by atoms with Crippen LogP contribution in [0.15, 0.2) is 23.8 Å². The summed E-state index contributed by atoms with van der Waals surface area (Å²) < 4.78 is 6.63. The van der Waals surface area contributed by atoms with E-state index in [-0.39, 0.29) is 17.4 Å². The highest BCUT2D eigenvalue weighted by atomic mass is 127. The Labute approximate surface area is 130 Å². The number of phenols is 1. The van der Waals surface area contributed by atoms with Crippen molar-refractivity contribution in [3.63, 3.8) is 0 Å². The summed E-state index contributed by atoms with van der Waals surface area (Å²) in [5.74, 6) is -0.937. The fourth-order valence-electron chi connectivity index (χ4n) is 2.82. The molecule has 104 valence electrons. The molecule has 1 N–H and O–H groups in total. The van der Waals surface area contributed by atoms with Gasteiger partial charge in [-0.1, -0.05) is 48.6 Å². The summed E-state index contributed by atoms with van der Waals surface area (Å²) in [4.78, 5) is 24.7. The molecular formula is C15H13IO4. The number of phenolic OH excluding ortho intramolecular Hbond substituents is 1. The molecule has 2 aliphatic rings. The van der Waals surface area contributed by atoms with Crippen LogP contribution in [0.1, 0.15) is 29.8 Å². The van der Waals surface area contributed by atoms with Crippen molar-refractivity contribution in [1.82, 2.24) is 0 Å². The Morgan fingerprint density at radius 2 is 2.00 bits per heavy atom. The highest BCUT2D eigenvalue weighted by Crippen LogP contribution is 2.50. The standard InChI is InChI=1S/C15H13IO4/c1-15(2)9(6-16)20-14-7-4-3-5-8(17)10(7)12(18)13(19)11(14)15/h3-5,9,17H,6H2,1-2H3. The number of carbonyl (C=O) groups is 2. The lowest BCUT2D eigenvalue weighted by Crippen LogP contribution is -2.34. The summed E-state index contributed by atoms with van der Waals surface area (Å²) in [5.41, 5.74) is 0.500. The summed E-state index contributed by atoms with van der Waals surface area (Å²) in [6.45, 7) is 3.83. The van der Waals surface area contributed by atoms with Crippen molar-refractivity contribution in [3.8, 4) is 5.75 Å². The third-order valence-electron chi connectivity index (χ3n) is 4.02. The van der Waals surface area contributed by atoms with E-state index in [1.807, 2.05) is 13.8 Å². The maximum Gasteiger partial charge on any atom is 0.237 e. The van der Waals surface area contributed by atoms with Gasteiger partial charge in [0.15, 0.2) is 0 Å². The molecule has 0 amide bonds. The number of hydrogen-bond donors (Lipinski definition) is 1. The van der Waals surface area contributed by atoms with Crippen LogP contribution in [0.4, 0.5) is 0 Å². The number of Topliss-reactive ketones (excluding diaryl/α,β-unsaturated/α-hetero) is 2. The summed E-state index contributed by atoms with van der Waals surface area (Å²) in [6, 6.07) is 4.77. The predicted molar refractivity (Wildman–Crippen MR) is 81.9 cm³/mol. The SMILES string of the molecule is CC1(C)C2=C(OC1CI)c1cccc(O)c1C(=O)C2=O. The van der Waals surface area contributed by atoms with E-state index >= 15 is 0 Å². The van der Waals surface area contributed by atoms with Crippen molar-refractivity contribution in [2.75, 3.05) is 4.43 Å². The molecule has 1 heterocycles. The van der Waals surface area contributed by atoms with Crippen molar-refractivity contribution in [3.05, 3.63) is 34.9 Å². The van der Waals surface area contributed by atoms with Gasteiger partial charge in [0.05, 0.1) is 11.1 Å². The van der Waals surface area contributed by atoms with Crippen LogP contribution in [-0.4, -0.2) is 27.2 Å². The quantitative estimate of drug-likeness (QED) is 0.460. The van der Waals surface area contributed by atoms with E-state index < -0.39 is 17.0 Å². The second-order valence-electron chi connectivity index (χ2n) is 5.54. The van der Waals surface area contributed by atoms with Gasteiger partial charge in [-0.3, -0.25) is 9.59 Å². The largest absolute Gasteiger partial charge is 0.507 e. The molecule has 1 atom stereocenters. The van der Waals surface area contributed by atoms with Crippen LogP contribution in [0.25, 0.3) is 5.76 Å². The van der Waals surface area contributed by atoms with Gasteiger partial charge in [0.2, 0.25) is 11.6 Å². The number of ketones is 2. The lowest BCUT2D eigenvalue weighted by molar-refractivity contribution is -0.112. The highest BCUT2D eigenvalue weighted by molar-refractivity contribution is 14.1. The Bertz CT molecular complexity index is 672.